The average molecular weight is 421 g/mol. The molecule has 0 amide bonds. The van der Waals surface area contributed by atoms with E-state index in [0.29, 0.717) is 0 Å². The molecular formula is C15H16Br2FNS. The number of nitrogens with one attached hydrogen (secondary N) is 1. The number of benzene rings is 1. The van der Waals surface area contributed by atoms with E-state index in [1.165, 1.54) is 5.56 Å². The Balaban J connectivity index is 2.57. The molecule has 108 valence electrons. The van der Waals surface area contributed by atoms with Crippen LogP contribution in [0.25, 0.3) is 0 Å². The molecule has 0 radical (unpaired) electrons. The maximum Gasteiger partial charge on any atom is 0.123 e. The third kappa shape index (κ3) is 3.32. The van der Waals surface area contributed by atoms with Crippen molar-refractivity contribution in [3.63, 3.8) is 0 Å². The number of aryl methyl sites for hydroxylation is 2. The van der Waals surface area contributed by atoms with Crippen LogP contribution in [-0.2, 0) is 0 Å². The predicted octanol–water partition coefficient (Wildman–Crippen LogP) is 5.73. The number of rotatable bonds is 4. The third-order valence-corrected chi connectivity index (χ3v) is 5.64. The molecule has 0 saturated carbocycles. The number of hydrogen-bond donors (Lipinski definition) is 1. The lowest BCUT2D eigenvalue weighted by Gasteiger charge is -2.22. The molecule has 1 aromatic heterocycles. The molecule has 0 aliphatic carbocycles. The van der Waals surface area contributed by atoms with Crippen LogP contribution in [0.2, 0.25) is 0 Å². The fraction of sp³-hybridized carbons (Fsp3) is 0.333. The maximum atomic E-state index is 13.5. The highest BCUT2D eigenvalue weighted by molar-refractivity contribution is 9.12. The van der Waals surface area contributed by atoms with Crippen molar-refractivity contribution in [3.8, 4) is 0 Å². The van der Waals surface area contributed by atoms with Gasteiger partial charge < -0.3 is 5.32 Å². The van der Waals surface area contributed by atoms with Crippen LogP contribution in [-0.4, -0.2) is 6.54 Å². The van der Waals surface area contributed by atoms with Gasteiger partial charge in [-0.15, -0.1) is 11.3 Å². The Morgan fingerprint density at radius 1 is 1.20 bits per heavy atom. The predicted molar refractivity (Wildman–Crippen MR) is 91.1 cm³/mol. The van der Waals surface area contributed by atoms with E-state index in [1.807, 2.05) is 13.8 Å². The molecule has 0 bridgehead atoms. The van der Waals surface area contributed by atoms with Gasteiger partial charge in [-0.25, -0.2) is 4.39 Å². The van der Waals surface area contributed by atoms with Crippen molar-refractivity contribution < 1.29 is 4.39 Å². The zero-order chi connectivity index (χ0) is 14.9. The van der Waals surface area contributed by atoms with Crippen LogP contribution in [0.1, 0.15) is 35.2 Å². The summed E-state index contributed by atoms with van der Waals surface area (Å²) < 4.78 is 15.7. The molecule has 0 aliphatic heterocycles. The largest absolute Gasteiger partial charge is 0.306 e. The van der Waals surface area contributed by atoms with Gasteiger partial charge in [0.2, 0.25) is 0 Å². The van der Waals surface area contributed by atoms with Crippen LogP contribution >= 0.6 is 43.2 Å². The van der Waals surface area contributed by atoms with Gasteiger partial charge in [-0.3, -0.25) is 0 Å². The first-order valence-electron chi connectivity index (χ1n) is 6.38. The fourth-order valence-electron chi connectivity index (χ4n) is 2.50. The minimum absolute atomic E-state index is 0.0672. The molecule has 1 nitrogen and oxygen atoms in total. The van der Waals surface area contributed by atoms with Crippen molar-refractivity contribution in [2.75, 3.05) is 6.54 Å². The summed E-state index contributed by atoms with van der Waals surface area (Å²) in [6.45, 7) is 6.85. The van der Waals surface area contributed by atoms with Crippen LogP contribution < -0.4 is 5.32 Å². The summed E-state index contributed by atoms with van der Waals surface area (Å²) in [5.41, 5.74) is 4.28. The van der Waals surface area contributed by atoms with Gasteiger partial charge in [0.15, 0.2) is 0 Å². The summed E-state index contributed by atoms with van der Waals surface area (Å²) in [6.07, 6.45) is 0. The molecule has 2 rings (SSSR count). The van der Waals surface area contributed by atoms with E-state index >= 15 is 0 Å². The van der Waals surface area contributed by atoms with E-state index in [1.54, 1.807) is 23.5 Å². The molecule has 20 heavy (non-hydrogen) atoms. The second kappa shape index (κ2) is 6.69. The van der Waals surface area contributed by atoms with Gasteiger partial charge in [-0.05, 0) is 92.7 Å². The number of halogens is 3. The highest BCUT2D eigenvalue weighted by Gasteiger charge is 2.22. The molecule has 1 heterocycles. The summed E-state index contributed by atoms with van der Waals surface area (Å²) in [4.78, 5) is 0. The van der Waals surface area contributed by atoms with E-state index < -0.39 is 0 Å². The van der Waals surface area contributed by atoms with Gasteiger partial charge in [-0.1, -0.05) is 6.92 Å². The topological polar surface area (TPSA) is 12.0 Å². The summed E-state index contributed by atoms with van der Waals surface area (Å²) in [7, 11) is 0. The Labute approximate surface area is 139 Å². The van der Waals surface area contributed by atoms with Gasteiger partial charge in [0.05, 0.1) is 13.6 Å². The second-order valence-corrected chi connectivity index (χ2v) is 8.47. The molecule has 2 aromatic rings. The second-order valence-electron chi connectivity index (χ2n) is 4.72. The first kappa shape index (κ1) is 16.1. The van der Waals surface area contributed by atoms with Crippen molar-refractivity contribution in [2.24, 2.45) is 0 Å². The van der Waals surface area contributed by atoms with Gasteiger partial charge >= 0.3 is 0 Å². The smallest absolute Gasteiger partial charge is 0.123 e. The van der Waals surface area contributed by atoms with Crippen LogP contribution in [0.4, 0.5) is 4.39 Å². The van der Waals surface area contributed by atoms with Gasteiger partial charge in [0.1, 0.15) is 5.82 Å². The van der Waals surface area contributed by atoms with E-state index in [-0.39, 0.29) is 11.9 Å². The molecule has 1 N–H and O–H groups in total. The van der Waals surface area contributed by atoms with Crippen molar-refractivity contribution >= 4 is 43.2 Å². The molecular weight excluding hydrogens is 405 g/mol. The van der Waals surface area contributed by atoms with Crippen LogP contribution in [0, 0.1) is 19.7 Å². The molecule has 0 aliphatic rings. The van der Waals surface area contributed by atoms with Crippen molar-refractivity contribution in [3.05, 3.63) is 53.8 Å². The molecule has 1 unspecified atom stereocenters. The highest BCUT2D eigenvalue weighted by Crippen LogP contribution is 2.39. The Kier molecular flexibility index (Phi) is 5.40. The number of thiophene rings is 1. The summed E-state index contributed by atoms with van der Waals surface area (Å²) >= 11 is 8.80. The van der Waals surface area contributed by atoms with E-state index in [4.69, 9.17) is 0 Å². The molecule has 5 heteroatoms. The van der Waals surface area contributed by atoms with Crippen LogP contribution in [0.3, 0.4) is 0 Å². The minimum atomic E-state index is -0.176. The quantitative estimate of drug-likeness (QED) is 0.665. The lowest BCUT2D eigenvalue weighted by molar-refractivity contribution is 0.606. The lowest BCUT2D eigenvalue weighted by atomic mass is 9.92. The molecule has 1 atom stereocenters. The molecule has 0 spiro atoms. The zero-order valence-electron chi connectivity index (χ0n) is 11.6. The summed E-state index contributed by atoms with van der Waals surface area (Å²) in [5, 5.41) is 3.50. The van der Waals surface area contributed by atoms with Gasteiger partial charge in [0.25, 0.3) is 0 Å². The van der Waals surface area contributed by atoms with Gasteiger partial charge in [0, 0.05) is 0 Å². The van der Waals surface area contributed by atoms with Crippen molar-refractivity contribution in [1.29, 1.82) is 0 Å². The monoisotopic (exact) mass is 419 g/mol. The Hall–Kier alpha value is -0.230. The molecule has 0 fully saturated rings. The normalized spacial score (nSPS) is 12.7. The molecule has 0 saturated heterocycles. The van der Waals surface area contributed by atoms with E-state index in [0.717, 1.165) is 30.8 Å². The highest BCUT2D eigenvalue weighted by atomic mass is 79.9. The van der Waals surface area contributed by atoms with E-state index in [9.17, 15) is 4.39 Å². The van der Waals surface area contributed by atoms with Crippen molar-refractivity contribution in [1.82, 2.24) is 5.32 Å². The Bertz CT molecular complexity index is 601. The first-order valence-corrected chi connectivity index (χ1v) is 8.79. The Morgan fingerprint density at radius 2 is 1.80 bits per heavy atom. The van der Waals surface area contributed by atoms with Crippen molar-refractivity contribution in [2.45, 2.75) is 26.8 Å². The van der Waals surface area contributed by atoms with Gasteiger partial charge in [-0.2, -0.15) is 0 Å². The van der Waals surface area contributed by atoms with Crippen LogP contribution in [0.5, 0.6) is 0 Å². The standard InChI is InChI=1S/C15H16Br2FNS/c1-4-19-14(11-7-12(16)20-15(11)17)13-8(2)5-10(18)6-9(13)3/h5-7,14,19H,4H2,1-3H3. The SMILES string of the molecule is CCNC(c1cc(Br)sc1Br)c1c(C)cc(F)cc1C. The lowest BCUT2D eigenvalue weighted by Crippen LogP contribution is -2.23. The third-order valence-electron chi connectivity index (χ3n) is 3.25. The van der Waals surface area contributed by atoms with Crippen LogP contribution in [0.15, 0.2) is 25.8 Å². The van der Waals surface area contributed by atoms with E-state index in [2.05, 4.69) is 50.2 Å². The maximum absolute atomic E-state index is 13.5. The minimum Gasteiger partial charge on any atom is -0.306 e. The number of hydrogen-bond acceptors (Lipinski definition) is 2. The summed E-state index contributed by atoms with van der Waals surface area (Å²) in [5.74, 6) is -0.176. The Morgan fingerprint density at radius 3 is 2.25 bits per heavy atom. The fourth-order valence-corrected chi connectivity index (χ4v) is 5.40. The zero-order valence-corrected chi connectivity index (χ0v) is 15.5. The molecule has 1 aromatic carbocycles. The average Bonchev–Trinajstić information content (AvgIpc) is 2.66. The summed E-state index contributed by atoms with van der Waals surface area (Å²) in [6, 6.07) is 5.38. The first-order chi connectivity index (χ1) is 9.43.